The Morgan fingerprint density at radius 1 is 1.11 bits per heavy atom. The first kappa shape index (κ1) is 16.2. The van der Waals surface area contributed by atoms with Crippen LogP contribution in [0.4, 0.5) is 0 Å². The number of nitrogens with one attached hydrogen (secondary N) is 1. The summed E-state index contributed by atoms with van der Waals surface area (Å²) in [6.45, 7) is 12.3. The first-order valence-electron chi connectivity index (χ1n) is 7.64. The number of nitrogens with zero attached hydrogens (tertiary/aromatic N) is 1. The highest BCUT2D eigenvalue weighted by atomic mass is 15.1. The zero-order valence-electron chi connectivity index (χ0n) is 13.0. The van der Waals surface area contributed by atoms with E-state index in [1.54, 1.807) is 0 Å². The van der Waals surface area contributed by atoms with Gasteiger partial charge in [0.15, 0.2) is 0 Å². The van der Waals surface area contributed by atoms with Crippen molar-refractivity contribution in [3.05, 3.63) is 35.9 Å². The lowest BCUT2D eigenvalue weighted by Gasteiger charge is -2.28. The molecule has 0 aliphatic rings. The van der Waals surface area contributed by atoms with Gasteiger partial charge in [0.05, 0.1) is 0 Å². The smallest absolute Gasteiger partial charge is 0.0236 e. The van der Waals surface area contributed by atoms with Gasteiger partial charge in [0.2, 0.25) is 0 Å². The van der Waals surface area contributed by atoms with Crippen LogP contribution < -0.4 is 5.32 Å². The Bertz CT molecular complexity index is 321. The van der Waals surface area contributed by atoms with Gasteiger partial charge in [-0.15, -0.1) is 0 Å². The lowest BCUT2D eigenvalue weighted by Crippen LogP contribution is -2.33. The van der Waals surface area contributed by atoms with Crippen molar-refractivity contribution in [1.29, 1.82) is 0 Å². The van der Waals surface area contributed by atoms with Gasteiger partial charge in [0.25, 0.3) is 0 Å². The summed E-state index contributed by atoms with van der Waals surface area (Å²) in [5, 5.41) is 3.49. The Morgan fingerprint density at radius 2 is 1.79 bits per heavy atom. The molecule has 0 saturated heterocycles. The zero-order valence-corrected chi connectivity index (χ0v) is 13.0. The summed E-state index contributed by atoms with van der Waals surface area (Å²) in [5.41, 5.74) is 1.41. The third-order valence-corrected chi connectivity index (χ3v) is 3.61. The molecule has 19 heavy (non-hydrogen) atoms. The summed E-state index contributed by atoms with van der Waals surface area (Å²) in [4.78, 5) is 2.56. The fourth-order valence-electron chi connectivity index (χ4n) is 2.37. The molecule has 108 valence electrons. The third-order valence-electron chi connectivity index (χ3n) is 3.61. The van der Waals surface area contributed by atoms with Gasteiger partial charge < -0.3 is 5.32 Å². The minimum Gasteiger partial charge on any atom is -0.315 e. The van der Waals surface area contributed by atoms with Crippen LogP contribution in [0.5, 0.6) is 0 Å². The molecule has 2 heteroatoms. The summed E-state index contributed by atoms with van der Waals surface area (Å²) < 4.78 is 0. The van der Waals surface area contributed by atoms with Crippen LogP contribution in [0.1, 0.15) is 46.1 Å². The predicted molar refractivity (Wildman–Crippen MR) is 84.4 cm³/mol. The van der Waals surface area contributed by atoms with Crippen LogP contribution >= 0.6 is 0 Å². The highest BCUT2D eigenvalue weighted by Crippen LogP contribution is 2.11. The molecule has 2 nitrogen and oxygen atoms in total. The van der Waals surface area contributed by atoms with Crippen molar-refractivity contribution in [3.8, 4) is 0 Å². The van der Waals surface area contributed by atoms with Gasteiger partial charge in [-0.3, -0.25) is 4.90 Å². The molecule has 0 amide bonds. The van der Waals surface area contributed by atoms with E-state index in [2.05, 4.69) is 68.2 Å². The van der Waals surface area contributed by atoms with Gasteiger partial charge in [0.1, 0.15) is 0 Å². The maximum Gasteiger partial charge on any atom is 0.0236 e. The van der Waals surface area contributed by atoms with Gasteiger partial charge in [-0.25, -0.2) is 0 Å². The molecule has 0 bridgehead atoms. The molecule has 0 saturated carbocycles. The van der Waals surface area contributed by atoms with Crippen LogP contribution in [0.15, 0.2) is 30.3 Å². The summed E-state index contributed by atoms with van der Waals surface area (Å²) in [6.07, 6.45) is 2.52. The van der Waals surface area contributed by atoms with Crippen molar-refractivity contribution in [3.63, 3.8) is 0 Å². The first-order chi connectivity index (χ1) is 9.13. The van der Waals surface area contributed by atoms with Crippen molar-refractivity contribution < 1.29 is 0 Å². The third kappa shape index (κ3) is 6.74. The second-order valence-corrected chi connectivity index (χ2v) is 5.65. The minimum absolute atomic E-state index is 0.599. The molecule has 0 aliphatic carbocycles. The maximum absolute atomic E-state index is 3.49. The van der Waals surface area contributed by atoms with Crippen LogP contribution in [0.25, 0.3) is 0 Å². The molecular formula is C17H30N2. The number of benzene rings is 1. The van der Waals surface area contributed by atoms with Crippen LogP contribution in [0.3, 0.4) is 0 Å². The lowest BCUT2D eigenvalue weighted by atomic mass is 10.1. The van der Waals surface area contributed by atoms with E-state index < -0.39 is 0 Å². The molecule has 0 aromatic heterocycles. The zero-order chi connectivity index (χ0) is 14.1. The van der Waals surface area contributed by atoms with Crippen molar-refractivity contribution in [1.82, 2.24) is 10.2 Å². The minimum atomic E-state index is 0.599. The molecule has 1 aromatic carbocycles. The number of hydrogen-bond acceptors (Lipinski definition) is 2. The predicted octanol–water partition coefficient (Wildman–Crippen LogP) is 3.68. The second-order valence-electron chi connectivity index (χ2n) is 5.65. The van der Waals surface area contributed by atoms with Crippen LogP contribution in [-0.4, -0.2) is 30.1 Å². The van der Waals surface area contributed by atoms with E-state index >= 15 is 0 Å². The topological polar surface area (TPSA) is 15.3 Å². The van der Waals surface area contributed by atoms with Crippen molar-refractivity contribution >= 4 is 0 Å². The Labute approximate surface area is 119 Å². The fourth-order valence-corrected chi connectivity index (χ4v) is 2.37. The molecule has 0 spiro atoms. The Morgan fingerprint density at radius 3 is 2.37 bits per heavy atom. The Kier molecular flexibility index (Phi) is 7.76. The van der Waals surface area contributed by atoms with Crippen molar-refractivity contribution in [2.45, 2.75) is 59.2 Å². The summed E-state index contributed by atoms with van der Waals surface area (Å²) in [6, 6.07) is 12.0. The molecule has 0 radical (unpaired) electrons. The summed E-state index contributed by atoms with van der Waals surface area (Å²) in [5.74, 6) is 0. The van der Waals surface area contributed by atoms with Crippen LogP contribution in [0, 0.1) is 0 Å². The molecule has 1 N–H and O–H groups in total. The van der Waals surface area contributed by atoms with Gasteiger partial charge >= 0.3 is 0 Å². The van der Waals surface area contributed by atoms with Gasteiger partial charge in [0, 0.05) is 18.6 Å². The van der Waals surface area contributed by atoms with E-state index in [1.165, 1.54) is 18.4 Å². The fraction of sp³-hybridized carbons (Fsp3) is 0.647. The average Bonchev–Trinajstić information content (AvgIpc) is 2.41. The highest BCUT2D eigenvalue weighted by molar-refractivity contribution is 5.14. The molecule has 0 fully saturated rings. The van der Waals surface area contributed by atoms with Gasteiger partial charge in [-0.2, -0.15) is 0 Å². The average molecular weight is 262 g/mol. The van der Waals surface area contributed by atoms with E-state index in [0.717, 1.165) is 19.6 Å². The molecule has 1 atom stereocenters. The Hall–Kier alpha value is -0.860. The highest BCUT2D eigenvalue weighted by Gasteiger charge is 2.11. The summed E-state index contributed by atoms with van der Waals surface area (Å²) in [7, 11) is 0. The standard InChI is InChI=1S/C17H30N2/c1-5-19(14-17-11-7-6-8-12-17)16(4)10-9-13-18-15(2)3/h6-8,11-12,15-16,18H,5,9-10,13-14H2,1-4H3. The lowest BCUT2D eigenvalue weighted by molar-refractivity contribution is 0.198. The van der Waals surface area contributed by atoms with E-state index in [1.807, 2.05) is 0 Å². The monoisotopic (exact) mass is 262 g/mol. The van der Waals surface area contributed by atoms with E-state index in [0.29, 0.717) is 12.1 Å². The van der Waals surface area contributed by atoms with E-state index in [4.69, 9.17) is 0 Å². The first-order valence-corrected chi connectivity index (χ1v) is 7.64. The van der Waals surface area contributed by atoms with E-state index in [-0.39, 0.29) is 0 Å². The normalized spacial score (nSPS) is 13.2. The molecule has 1 unspecified atom stereocenters. The van der Waals surface area contributed by atoms with Gasteiger partial charge in [-0.05, 0) is 38.4 Å². The largest absolute Gasteiger partial charge is 0.315 e. The molecule has 0 heterocycles. The van der Waals surface area contributed by atoms with Crippen molar-refractivity contribution in [2.75, 3.05) is 13.1 Å². The quantitative estimate of drug-likeness (QED) is 0.683. The van der Waals surface area contributed by atoms with Gasteiger partial charge in [-0.1, -0.05) is 51.1 Å². The molecule has 0 aliphatic heterocycles. The van der Waals surface area contributed by atoms with Crippen LogP contribution in [-0.2, 0) is 6.54 Å². The van der Waals surface area contributed by atoms with Crippen LogP contribution in [0.2, 0.25) is 0 Å². The Balaban J connectivity index is 2.33. The molecule has 1 aromatic rings. The van der Waals surface area contributed by atoms with E-state index in [9.17, 15) is 0 Å². The number of rotatable bonds is 9. The molecular weight excluding hydrogens is 232 g/mol. The second kappa shape index (κ2) is 9.11. The van der Waals surface area contributed by atoms with Crippen molar-refractivity contribution in [2.24, 2.45) is 0 Å². The molecule has 1 rings (SSSR count). The maximum atomic E-state index is 3.49. The summed E-state index contributed by atoms with van der Waals surface area (Å²) >= 11 is 0. The number of hydrogen-bond donors (Lipinski definition) is 1. The SMILES string of the molecule is CCN(Cc1ccccc1)C(C)CCCNC(C)C.